The fourth-order valence-corrected chi connectivity index (χ4v) is 6.71. The van der Waals surface area contributed by atoms with Gasteiger partial charge in [0, 0.05) is 11.8 Å². The summed E-state index contributed by atoms with van der Waals surface area (Å²) < 4.78 is 56.8. The molecule has 0 fully saturated rings. The number of aromatic nitrogens is 5. The number of H-pyrrole nitrogens is 1. The van der Waals surface area contributed by atoms with E-state index in [9.17, 15) is 22.7 Å². The minimum atomic E-state index is -4.47. The minimum Gasteiger partial charge on any atom is -0.480 e. The van der Waals surface area contributed by atoms with Gasteiger partial charge in [-0.3, -0.25) is 9.52 Å². The molecule has 1 aliphatic heterocycles. The van der Waals surface area contributed by atoms with Gasteiger partial charge in [0.25, 0.3) is 0 Å². The van der Waals surface area contributed by atoms with Crippen molar-refractivity contribution >= 4 is 56.1 Å². The molecule has 4 N–H and O–H groups in total. The Morgan fingerprint density at radius 3 is 2.78 bits per heavy atom. The number of aromatic amines is 1. The monoisotopic (exact) mass is 545 g/mol. The van der Waals surface area contributed by atoms with Crippen LogP contribution in [-0.2, 0) is 14.8 Å². The minimum absolute atomic E-state index is 0.0305. The molecular formula is C22H17F2N7O4S2. The molecule has 5 rings (SSSR count). The first-order valence-electron chi connectivity index (χ1n) is 10.5. The number of benzene rings is 1. The zero-order valence-corrected chi connectivity index (χ0v) is 20.4. The van der Waals surface area contributed by atoms with Gasteiger partial charge in [-0.25, -0.2) is 37.1 Å². The Morgan fingerprint density at radius 1 is 1.19 bits per heavy atom. The van der Waals surface area contributed by atoms with E-state index in [2.05, 4.69) is 35.0 Å². The lowest BCUT2D eigenvalue weighted by Crippen LogP contribution is -2.48. The Morgan fingerprint density at radius 2 is 2.00 bits per heavy atom. The van der Waals surface area contributed by atoms with Crippen LogP contribution in [0.2, 0.25) is 0 Å². The first kappa shape index (κ1) is 24.6. The topological polar surface area (TPSA) is 163 Å². The van der Waals surface area contributed by atoms with Gasteiger partial charge in [-0.1, -0.05) is 6.08 Å². The Labute approximate surface area is 212 Å². The van der Waals surface area contributed by atoms with Crippen molar-refractivity contribution in [3.63, 3.8) is 0 Å². The molecule has 1 aromatic carbocycles. The highest BCUT2D eigenvalue weighted by molar-refractivity contribution is 8.05. The highest BCUT2D eigenvalue weighted by atomic mass is 32.2. The van der Waals surface area contributed by atoms with E-state index in [0.717, 1.165) is 23.9 Å². The van der Waals surface area contributed by atoms with Gasteiger partial charge in [0.05, 0.1) is 12.0 Å². The van der Waals surface area contributed by atoms with E-state index in [1.165, 1.54) is 37.3 Å². The van der Waals surface area contributed by atoms with Gasteiger partial charge in [0.1, 0.15) is 44.9 Å². The summed E-state index contributed by atoms with van der Waals surface area (Å²) in [7, 11) is -4.47. The number of carboxylic acids is 1. The highest BCUT2D eigenvalue weighted by Crippen LogP contribution is 2.41. The number of rotatable bonds is 7. The van der Waals surface area contributed by atoms with E-state index in [1.54, 1.807) is 12.1 Å². The molecule has 0 spiro atoms. The van der Waals surface area contributed by atoms with Crippen LogP contribution in [0.3, 0.4) is 0 Å². The fraction of sp³-hybridized carbons (Fsp3) is 0.136. The summed E-state index contributed by atoms with van der Waals surface area (Å²) in [5, 5.41) is 12.0. The number of fused-ring (bicyclic) bond motifs is 1. The quantitative estimate of drug-likeness (QED) is 0.270. The molecule has 0 amide bonds. The standard InChI is InChI=1S/C22H17F2N7O4S2/c1-22(6-8-36-18(22)21(32)33)37(34,35)31-13-5-4-12(23)16(14(13)24)30-19-11(3-2-7-25-19)15-17-20(28-9-26-15)29-10-27-17/h2-10,18,31H,1H3,(H,25,30)(H,32,33)(H,26,27,28,29). The second-order valence-corrected chi connectivity index (χ2v) is 11.2. The molecule has 0 saturated carbocycles. The molecule has 0 bridgehead atoms. The van der Waals surface area contributed by atoms with Crippen LogP contribution in [0, 0.1) is 11.6 Å². The van der Waals surface area contributed by atoms with Gasteiger partial charge in [-0.15, -0.1) is 11.8 Å². The Bertz CT molecular complexity index is 1680. The molecule has 1 aliphatic rings. The number of hydrogen-bond donors (Lipinski definition) is 4. The second-order valence-electron chi connectivity index (χ2n) is 8.08. The van der Waals surface area contributed by atoms with Crippen LogP contribution in [0.4, 0.5) is 26.0 Å². The average Bonchev–Trinajstić information content (AvgIpc) is 3.51. The molecule has 11 nitrogen and oxygen atoms in total. The van der Waals surface area contributed by atoms with Gasteiger partial charge in [0.2, 0.25) is 10.0 Å². The van der Waals surface area contributed by atoms with Gasteiger partial charge in [0.15, 0.2) is 11.5 Å². The van der Waals surface area contributed by atoms with Crippen LogP contribution in [-0.4, -0.2) is 54.4 Å². The molecule has 4 heterocycles. The van der Waals surface area contributed by atoms with Crippen molar-refractivity contribution in [2.24, 2.45) is 0 Å². The fourth-order valence-electron chi connectivity index (χ4n) is 3.79. The van der Waals surface area contributed by atoms with E-state index < -0.39 is 49.0 Å². The van der Waals surface area contributed by atoms with E-state index in [1.807, 2.05) is 0 Å². The van der Waals surface area contributed by atoms with Crippen LogP contribution in [0.1, 0.15) is 6.92 Å². The van der Waals surface area contributed by atoms with Crippen LogP contribution >= 0.6 is 11.8 Å². The smallest absolute Gasteiger partial charge is 0.319 e. The molecule has 0 aliphatic carbocycles. The Balaban J connectivity index is 1.52. The molecule has 4 aromatic rings. The Hall–Kier alpha value is -4.11. The summed E-state index contributed by atoms with van der Waals surface area (Å²) in [4.78, 5) is 31.0. The zero-order chi connectivity index (χ0) is 26.4. The number of aliphatic carboxylic acids is 1. The SMILES string of the molecule is CC1(S(=O)(=O)Nc2ccc(F)c(Nc3ncccc3-c3ncnc4nc[nH]c34)c2F)C=CSC1C(=O)O. The lowest BCUT2D eigenvalue weighted by molar-refractivity contribution is -0.136. The van der Waals surface area contributed by atoms with E-state index >= 15 is 4.39 Å². The van der Waals surface area contributed by atoms with Crippen molar-refractivity contribution in [2.75, 3.05) is 10.0 Å². The number of imidazole rings is 1. The molecule has 3 aromatic heterocycles. The Kier molecular flexibility index (Phi) is 6.03. The lowest BCUT2D eigenvalue weighted by Gasteiger charge is -2.27. The molecule has 2 atom stereocenters. The van der Waals surface area contributed by atoms with Crippen molar-refractivity contribution in [2.45, 2.75) is 16.9 Å². The third-order valence-corrected chi connectivity index (χ3v) is 9.23. The predicted octanol–water partition coefficient (Wildman–Crippen LogP) is 3.65. The number of sulfonamides is 1. The number of anilines is 3. The number of nitrogens with zero attached hydrogens (tertiary/aromatic N) is 4. The van der Waals surface area contributed by atoms with Gasteiger partial charge in [-0.2, -0.15) is 0 Å². The maximum Gasteiger partial charge on any atom is 0.319 e. The van der Waals surface area contributed by atoms with Gasteiger partial charge >= 0.3 is 5.97 Å². The normalized spacial score (nSPS) is 19.3. The van der Waals surface area contributed by atoms with E-state index in [0.29, 0.717) is 22.4 Å². The van der Waals surface area contributed by atoms with Gasteiger partial charge < -0.3 is 15.4 Å². The predicted molar refractivity (Wildman–Crippen MR) is 134 cm³/mol. The van der Waals surface area contributed by atoms with Crippen molar-refractivity contribution in [3.05, 3.63) is 66.2 Å². The highest BCUT2D eigenvalue weighted by Gasteiger charge is 2.51. The first-order valence-corrected chi connectivity index (χ1v) is 13.0. The van der Waals surface area contributed by atoms with Crippen molar-refractivity contribution in [1.29, 1.82) is 0 Å². The lowest BCUT2D eigenvalue weighted by atomic mass is 10.1. The van der Waals surface area contributed by atoms with Gasteiger partial charge in [-0.05, 0) is 36.6 Å². The molecule has 190 valence electrons. The number of carboxylic acid groups (broad SMARTS) is 1. The number of nitrogens with one attached hydrogen (secondary N) is 3. The summed E-state index contributed by atoms with van der Waals surface area (Å²) in [6.45, 7) is 1.21. The first-order chi connectivity index (χ1) is 17.6. The van der Waals surface area contributed by atoms with E-state index in [-0.39, 0.29) is 5.82 Å². The maximum atomic E-state index is 15.5. The summed E-state index contributed by atoms with van der Waals surface area (Å²) in [5.41, 5.74) is 0.342. The van der Waals surface area contributed by atoms with Crippen LogP contribution in [0.5, 0.6) is 0 Å². The summed E-state index contributed by atoms with van der Waals surface area (Å²) in [6.07, 6.45) is 5.33. The molecule has 37 heavy (non-hydrogen) atoms. The molecule has 15 heteroatoms. The van der Waals surface area contributed by atoms with Crippen molar-refractivity contribution in [1.82, 2.24) is 24.9 Å². The number of hydrogen-bond acceptors (Lipinski definition) is 9. The van der Waals surface area contributed by atoms with Crippen LogP contribution in [0.15, 0.2) is 54.6 Å². The van der Waals surface area contributed by atoms with Crippen LogP contribution < -0.4 is 10.0 Å². The summed E-state index contributed by atoms with van der Waals surface area (Å²) in [6, 6.07) is 5.02. The number of thioether (sulfide) groups is 1. The average molecular weight is 546 g/mol. The van der Waals surface area contributed by atoms with E-state index in [4.69, 9.17) is 0 Å². The molecule has 0 radical (unpaired) electrons. The second kappa shape index (κ2) is 9.08. The summed E-state index contributed by atoms with van der Waals surface area (Å²) in [5.74, 6) is -3.58. The molecule has 0 saturated heterocycles. The summed E-state index contributed by atoms with van der Waals surface area (Å²) >= 11 is 0.816. The number of pyridine rings is 1. The molecule has 2 unspecified atom stereocenters. The third-order valence-electron chi connectivity index (χ3n) is 5.80. The van der Waals surface area contributed by atoms with Crippen molar-refractivity contribution in [3.8, 4) is 11.3 Å². The van der Waals surface area contributed by atoms with Crippen molar-refractivity contribution < 1.29 is 27.1 Å². The maximum absolute atomic E-state index is 15.5. The number of halogens is 2. The zero-order valence-electron chi connectivity index (χ0n) is 18.8. The third kappa shape index (κ3) is 4.15. The number of carbonyl (C=O) groups is 1. The largest absolute Gasteiger partial charge is 0.480 e. The van der Waals surface area contributed by atoms with Crippen LogP contribution in [0.25, 0.3) is 22.4 Å². The molecular weight excluding hydrogens is 528 g/mol.